The van der Waals surface area contributed by atoms with Gasteiger partial charge in [-0.05, 0) is 25.0 Å². The molecule has 7 nitrogen and oxygen atoms in total. The molecule has 0 saturated carbocycles. The number of amides is 2. The first kappa shape index (κ1) is 22.4. The lowest BCUT2D eigenvalue weighted by Gasteiger charge is -2.28. The van der Waals surface area contributed by atoms with Crippen molar-refractivity contribution < 1.29 is 14.5 Å². The van der Waals surface area contributed by atoms with Crippen LogP contribution in [-0.2, 0) is 21.9 Å². The van der Waals surface area contributed by atoms with Gasteiger partial charge in [0.05, 0.1) is 10.7 Å². The number of nitrogens with zero attached hydrogens (tertiary/aromatic N) is 2. The van der Waals surface area contributed by atoms with Crippen LogP contribution >= 0.6 is 11.8 Å². The van der Waals surface area contributed by atoms with Crippen molar-refractivity contribution in [1.29, 1.82) is 0 Å². The number of nitrogens with one attached hydrogen (secondary N) is 1. The molecule has 8 heteroatoms. The second-order valence-electron chi connectivity index (χ2n) is 6.49. The van der Waals surface area contributed by atoms with Gasteiger partial charge in [0.15, 0.2) is 0 Å². The van der Waals surface area contributed by atoms with Crippen LogP contribution < -0.4 is 5.32 Å². The highest BCUT2D eigenvalue weighted by Gasteiger charge is 2.25. The lowest BCUT2D eigenvalue weighted by Crippen LogP contribution is -2.48. The van der Waals surface area contributed by atoms with Crippen LogP contribution in [0.2, 0.25) is 0 Å². The van der Waals surface area contributed by atoms with Crippen LogP contribution in [0.1, 0.15) is 25.0 Å². The van der Waals surface area contributed by atoms with E-state index in [4.69, 9.17) is 0 Å². The fourth-order valence-corrected chi connectivity index (χ4v) is 3.61. The Morgan fingerprint density at radius 1 is 1.10 bits per heavy atom. The first-order chi connectivity index (χ1) is 13.9. The van der Waals surface area contributed by atoms with Gasteiger partial charge in [-0.1, -0.05) is 42.5 Å². The van der Waals surface area contributed by atoms with Gasteiger partial charge in [0.1, 0.15) is 6.04 Å². The van der Waals surface area contributed by atoms with Crippen molar-refractivity contribution in [2.45, 2.75) is 32.2 Å². The Bertz CT molecular complexity index is 828. The van der Waals surface area contributed by atoms with E-state index in [0.29, 0.717) is 18.8 Å². The lowest BCUT2D eigenvalue weighted by atomic mass is 10.1. The first-order valence-electron chi connectivity index (χ1n) is 9.34. The third-order valence-corrected chi connectivity index (χ3v) is 5.34. The fraction of sp³-hybridized carbons (Fsp3) is 0.333. The van der Waals surface area contributed by atoms with Gasteiger partial charge in [-0.2, -0.15) is 0 Å². The Kier molecular flexibility index (Phi) is 8.67. The number of hydrogen-bond acceptors (Lipinski definition) is 5. The molecule has 0 spiro atoms. The number of likely N-dealkylation sites (N-methyl/N-ethyl adjacent to an activating group) is 1. The summed E-state index contributed by atoms with van der Waals surface area (Å²) in [6.45, 7) is 4.43. The SMILES string of the molecule is CCNC(=O)[C@H](C)N(Cc1ccccc1)C(=O)CSCc1ccc([N+](=O)[O-])cc1. The highest BCUT2D eigenvalue weighted by molar-refractivity contribution is 7.99. The zero-order chi connectivity index (χ0) is 21.2. The van der Waals surface area contributed by atoms with Gasteiger partial charge in [-0.3, -0.25) is 19.7 Å². The molecule has 2 aromatic rings. The Hall–Kier alpha value is -2.87. The van der Waals surface area contributed by atoms with E-state index in [9.17, 15) is 19.7 Å². The van der Waals surface area contributed by atoms with E-state index in [1.54, 1.807) is 24.0 Å². The summed E-state index contributed by atoms with van der Waals surface area (Å²) in [4.78, 5) is 37.0. The van der Waals surface area contributed by atoms with Crippen molar-refractivity contribution in [3.05, 3.63) is 75.8 Å². The van der Waals surface area contributed by atoms with Crippen LogP contribution in [-0.4, -0.2) is 40.0 Å². The number of benzene rings is 2. The minimum atomic E-state index is -0.581. The molecular weight excluding hydrogens is 390 g/mol. The van der Waals surface area contributed by atoms with E-state index in [-0.39, 0.29) is 23.3 Å². The van der Waals surface area contributed by atoms with Gasteiger partial charge in [0.2, 0.25) is 11.8 Å². The predicted octanol–water partition coefficient (Wildman–Crippen LogP) is 3.38. The quantitative estimate of drug-likeness (QED) is 0.474. The monoisotopic (exact) mass is 415 g/mol. The van der Waals surface area contributed by atoms with Crippen molar-refractivity contribution in [2.24, 2.45) is 0 Å². The van der Waals surface area contributed by atoms with E-state index in [2.05, 4.69) is 5.32 Å². The van der Waals surface area contributed by atoms with Crippen LogP contribution in [0.15, 0.2) is 54.6 Å². The average Bonchev–Trinajstić information content (AvgIpc) is 2.72. The molecule has 0 bridgehead atoms. The van der Waals surface area contributed by atoms with Crippen molar-refractivity contribution in [3.63, 3.8) is 0 Å². The molecule has 0 aliphatic heterocycles. The summed E-state index contributed by atoms with van der Waals surface area (Å²) < 4.78 is 0. The van der Waals surface area contributed by atoms with Crippen LogP contribution in [0.5, 0.6) is 0 Å². The first-order valence-corrected chi connectivity index (χ1v) is 10.5. The summed E-state index contributed by atoms with van der Waals surface area (Å²) in [7, 11) is 0. The smallest absolute Gasteiger partial charge is 0.269 e. The van der Waals surface area contributed by atoms with E-state index in [1.165, 1.54) is 23.9 Å². The third kappa shape index (κ3) is 6.90. The number of rotatable bonds is 10. The Morgan fingerprint density at radius 2 is 1.76 bits per heavy atom. The molecule has 0 aliphatic carbocycles. The Morgan fingerprint density at radius 3 is 2.34 bits per heavy atom. The number of nitro groups is 1. The van der Waals surface area contributed by atoms with Gasteiger partial charge in [0.25, 0.3) is 5.69 Å². The van der Waals surface area contributed by atoms with E-state index in [0.717, 1.165) is 11.1 Å². The second-order valence-corrected chi connectivity index (χ2v) is 7.48. The molecule has 2 amide bonds. The second kappa shape index (κ2) is 11.2. The predicted molar refractivity (Wildman–Crippen MR) is 114 cm³/mol. The van der Waals surface area contributed by atoms with Gasteiger partial charge >= 0.3 is 0 Å². The lowest BCUT2D eigenvalue weighted by molar-refractivity contribution is -0.384. The molecule has 1 atom stereocenters. The molecule has 2 rings (SSSR count). The molecule has 2 aromatic carbocycles. The number of non-ortho nitro benzene ring substituents is 1. The molecule has 0 heterocycles. The maximum absolute atomic E-state index is 12.9. The third-order valence-electron chi connectivity index (χ3n) is 4.36. The largest absolute Gasteiger partial charge is 0.355 e. The molecule has 0 fully saturated rings. The number of hydrogen-bond donors (Lipinski definition) is 1. The zero-order valence-corrected chi connectivity index (χ0v) is 17.4. The maximum Gasteiger partial charge on any atom is 0.269 e. The number of carbonyl (C=O) groups is 2. The molecule has 0 aromatic heterocycles. The molecule has 29 heavy (non-hydrogen) atoms. The molecule has 0 saturated heterocycles. The summed E-state index contributed by atoms with van der Waals surface area (Å²) in [5, 5.41) is 13.5. The summed E-state index contributed by atoms with van der Waals surface area (Å²) in [6.07, 6.45) is 0. The van der Waals surface area contributed by atoms with Crippen LogP contribution in [0.3, 0.4) is 0 Å². The van der Waals surface area contributed by atoms with Gasteiger partial charge in [0, 0.05) is 31.0 Å². The minimum Gasteiger partial charge on any atom is -0.355 e. The van der Waals surface area contributed by atoms with Crippen LogP contribution in [0, 0.1) is 10.1 Å². The van der Waals surface area contributed by atoms with Crippen LogP contribution in [0.4, 0.5) is 5.69 Å². The normalized spacial score (nSPS) is 11.5. The van der Waals surface area contributed by atoms with Gasteiger partial charge in [-0.25, -0.2) is 0 Å². The standard InChI is InChI=1S/C21H25N3O4S/c1-3-22-21(26)16(2)23(13-17-7-5-4-6-8-17)20(25)15-29-14-18-9-11-19(12-10-18)24(27)28/h4-12,16H,3,13-15H2,1-2H3,(H,22,26)/t16-/m0/s1. The number of carbonyl (C=O) groups excluding carboxylic acids is 2. The summed E-state index contributed by atoms with van der Waals surface area (Å²) in [6, 6.07) is 15.3. The van der Waals surface area contributed by atoms with Crippen molar-refractivity contribution in [1.82, 2.24) is 10.2 Å². The fourth-order valence-electron chi connectivity index (χ4n) is 2.74. The Labute approximate surface area is 174 Å². The topological polar surface area (TPSA) is 92.6 Å². The van der Waals surface area contributed by atoms with Gasteiger partial charge in [-0.15, -0.1) is 11.8 Å². The van der Waals surface area contributed by atoms with E-state index >= 15 is 0 Å². The summed E-state index contributed by atoms with van der Waals surface area (Å²) >= 11 is 1.42. The molecule has 154 valence electrons. The van der Waals surface area contributed by atoms with E-state index in [1.807, 2.05) is 37.3 Å². The highest BCUT2D eigenvalue weighted by Crippen LogP contribution is 2.18. The molecule has 0 radical (unpaired) electrons. The number of nitro benzene ring substituents is 1. The molecule has 0 aliphatic rings. The number of thioether (sulfide) groups is 1. The van der Waals surface area contributed by atoms with Gasteiger partial charge < -0.3 is 10.2 Å². The highest BCUT2D eigenvalue weighted by atomic mass is 32.2. The maximum atomic E-state index is 12.9. The van der Waals surface area contributed by atoms with Crippen molar-refractivity contribution in [2.75, 3.05) is 12.3 Å². The average molecular weight is 416 g/mol. The zero-order valence-electron chi connectivity index (χ0n) is 16.5. The summed E-state index contributed by atoms with van der Waals surface area (Å²) in [5.41, 5.74) is 1.90. The minimum absolute atomic E-state index is 0.0413. The Balaban J connectivity index is 2.00. The molecular formula is C21H25N3O4S. The molecule has 0 unspecified atom stereocenters. The molecule has 1 N–H and O–H groups in total. The van der Waals surface area contributed by atoms with E-state index < -0.39 is 11.0 Å². The van der Waals surface area contributed by atoms with Crippen LogP contribution in [0.25, 0.3) is 0 Å². The summed E-state index contributed by atoms with van der Waals surface area (Å²) in [5.74, 6) is 0.461. The van der Waals surface area contributed by atoms with Crippen molar-refractivity contribution >= 4 is 29.3 Å². The van der Waals surface area contributed by atoms with Crippen molar-refractivity contribution in [3.8, 4) is 0 Å².